The Morgan fingerprint density at radius 2 is 1.58 bits per heavy atom. The molecule has 0 aliphatic heterocycles. The van der Waals surface area contributed by atoms with Crippen molar-refractivity contribution in [3.05, 3.63) is 65.2 Å². The van der Waals surface area contributed by atoms with Crippen LogP contribution in [-0.4, -0.2) is 0 Å². The third-order valence-corrected chi connectivity index (χ3v) is 3.52. The van der Waals surface area contributed by atoms with Gasteiger partial charge in [0.25, 0.3) is 0 Å². The monoisotopic (exact) mass is 253 g/mol. The molecule has 19 heavy (non-hydrogen) atoms. The number of aryl methyl sites for hydroxylation is 2. The highest BCUT2D eigenvalue weighted by atomic mass is 14.9. The Morgan fingerprint density at radius 3 is 2.16 bits per heavy atom. The summed E-state index contributed by atoms with van der Waals surface area (Å²) in [7, 11) is 0. The van der Waals surface area contributed by atoms with Crippen molar-refractivity contribution in [1.82, 2.24) is 0 Å². The average Bonchev–Trinajstić information content (AvgIpc) is 2.38. The van der Waals surface area contributed by atoms with E-state index >= 15 is 0 Å². The molecule has 1 heteroatoms. The molecule has 0 aliphatic carbocycles. The van der Waals surface area contributed by atoms with Crippen molar-refractivity contribution in [3.63, 3.8) is 0 Å². The van der Waals surface area contributed by atoms with Crippen LogP contribution in [0, 0.1) is 19.8 Å². The van der Waals surface area contributed by atoms with Crippen molar-refractivity contribution < 1.29 is 0 Å². The minimum Gasteiger partial charge on any atom is -0.378 e. The van der Waals surface area contributed by atoms with Crippen molar-refractivity contribution in [3.8, 4) is 0 Å². The fourth-order valence-electron chi connectivity index (χ4n) is 2.44. The summed E-state index contributed by atoms with van der Waals surface area (Å²) in [6, 6.07) is 17.6. The highest BCUT2D eigenvalue weighted by molar-refractivity contribution is 5.53. The third-order valence-electron chi connectivity index (χ3n) is 3.52. The fraction of sp³-hybridized carbons (Fsp3) is 0.333. The van der Waals surface area contributed by atoms with E-state index in [1.54, 1.807) is 0 Å². The van der Waals surface area contributed by atoms with Crippen LogP contribution in [0.2, 0.25) is 0 Å². The first kappa shape index (κ1) is 13.7. The van der Waals surface area contributed by atoms with Crippen LogP contribution >= 0.6 is 0 Å². The average molecular weight is 253 g/mol. The fourth-order valence-corrected chi connectivity index (χ4v) is 2.44. The van der Waals surface area contributed by atoms with Gasteiger partial charge >= 0.3 is 0 Å². The first-order valence-electron chi connectivity index (χ1n) is 6.96. The van der Waals surface area contributed by atoms with Crippen LogP contribution in [0.15, 0.2) is 48.5 Å². The highest BCUT2D eigenvalue weighted by Gasteiger charge is 2.15. The maximum absolute atomic E-state index is 3.69. The van der Waals surface area contributed by atoms with Gasteiger partial charge < -0.3 is 5.32 Å². The van der Waals surface area contributed by atoms with E-state index in [9.17, 15) is 0 Å². The summed E-state index contributed by atoms with van der Waals surface area (Å²) in [6.07, 6.45) is 0. The normalized spacial score (nSPS) is 12.5. The summed E-state index contributed by atoms with van der Waals surface area (Å²) in [5.41, 5.74) is 5.19. The zero-order valence-electron chi connectivity index (χ0n) is 12.3. The first-order valence-corrected chi connectivity index (χ1v) is 6.96. The molecule has 0 bridgehead atoms. The molecule has 0 radical (unpaired) electrons. The lowest BCUT2D eigenvalue weighted by Gasteiger charge is -2.25. The predicted octanol–water partition coefficient (Wildman–Crippen LogP) is 5.11. The standard InChI is InChI=1S/C18H23N/c1-13(2)18(16-8-6-5-7-9-16)19-17-11-10-14(3)12-15(17)4/h5-13,18-19H,1-4H3. The van der Waals surface area contributed by atoms with Crippen LogP contribution in [0.5, 0.6) is 0 Å². The van der Waals surface area contributed by atoms with E-state index < -0.39 is 0 Å². The summed E-state index contributed by atoms with van der Waals surface area (Å²) >= 11 is 0. The molecule has 0 aliphatic rings. The van der Waals surface area contributed by atoms with Gasteiger partial charge in [0, 0.05) is 5.69 Å². The van der Waals surface area contributed by atoms with Crippen molar-refractivity contribution in [2.45, 2.75) is 33.7 Å². The van der Waals surface area contributed by atoms with E-state index in [-0.39, 0.29) is 0 Å². The van der Waals surface area contributed by atoms with Crippen LogP contribution in [0.4, 0.5) is 5.69 Å². The number of benzene rings is 2. The van der Waals surface area contributed by atoms with Crippen molar-refractivity contribution >= 4 is 5.69 Å². The van der Waals surface area contributed by atoms with Crippen molar-refractivity contribution in [2.24, 2.45) is 5.92 Å². The molecule has 100 valence electrons. The number of rotatable bonds is 4. The summed E-state index contributed by atoms with van der Waals surface area (Å²) in [4.78, 5) is 0. The lowest BCUT2D eigenvalue weighted by molar-refractivity contribution is 0.546. The molecule has 0 heterocycles. The molecule has 1 unspecified atom stereocenters. The van der Waals surface area contributed by atoms with Gasteiger partial charge in [-0.15, -0.1) is 0 Å². The van der Waals surface area contributed by atoms with E-state index in [1.807, 2.05) is 0 Å². The lowest BCUT2D eigenvalue weighted by atomic mass is 9.95. The van der Waals surface area contributed by atoms with Gasteiger partial charge in [0.1, 0.15) is 0 Å². The number of hydrogen-bond donors (Lipinski definition) is 1. The molecule has 1 N–H and O–H groups in total. The Balaban J connectivity index is 2.27. The Kier molecular flexibility index (Phi) is 4.26. The summed E-state index contributed by atoms with van der Waals surface area (Å²) in [6.45, 7) is 8.81. The smallest absolute Gasteiger partial charge is 0.0536 e. The molecule has 0 spiro atoms. The molecule has 1 atom stereocenters. The van der Waals surface area contributed by atoms with Gasteiger partial charge in [-0.3, -0.25) is 0 Å². The molecule has 1 nitrogen and oxygen atoms in total. The Bertz CT molecular complexity index is 529. The second-order valence-electron chi connectivity index (χ2n) is 5.60. The van der Waals surface area contributed by atoms with Gasteiger partial charge in [-0.2, -0.15) is 0 Å². The predicted molar refractivity (Wildman–Crippen MR) is 83.6 cm³/mol. The third kappa shape index (κ3) is 3.37. The molecule has 0 saturated heterocycles. The maximum atomic E-state index is 3.69. The van der Waals surface area contributed by atoms with E-state index in [4.69, 9.17) is 0 Å². The van der Waals surface area contributed by atoms with Gasteiger partial charge in [-0.1, -0.05) is 61.9 Å². The zero-order chi connectivity index (χ0) is 13.8. The Hall–Kier alpha value is -1.76. The highest BCUT2D eigenvalue weighted by Crippen LogP contribution is 2.28. The molecule has 0 fully saturated rings. The molecule has 0 aromatic heterocycles. The SMILES string of the molecule is Cc1ccc(NC(c2ccccc2)C(C)C)c(C)c1. The van der Waals surface area contributed by atoms with Crippen LogP contribution in [0.1, 0.15) is 36.6 Å². The van der Waals surface area contributed by atoms with Gasteiger partial charge in [0.2, 0.25) is 0 Å². The molecule has 0 amide bonds. The van der Waals surface area contributed by atoms with Crippen molar-refractivity contribution in [2.75, 3.05) is 5.32 Å². The number of nitrogens with one attached hydrogen (secondary N) is 1. The van der Waals surface area contributed by atoms with E-state index in [1.165, 1.54) is 22.4 Å². The summed E-state index contributed by atoms with van der Waals surface area (Å²) in [5.74, 6) is 0.545. The minimum atomic E-state index is 0.350. The molecule has 2 aromatic carbocycles. The van der Waals surface area contributed by atoms with Gasteiger partial charge in [-0.25, -0.2) is 0 Å². The van der Waals surface area contributed by atoms with Crippen molar-refractivity contribution in [1.29, 1.82) is 0 Å². The second-order valence-corrected chi connectivity index (χ2v) is 5.60. The number of hydrogen-bond acceptors (Lipinski definition) is 1. The Morgan fingerprint density at radius 1 is 0.895 bits per heavy atom. The summed E-state index contributed by atoms with van der Waals surface area (Å²) in [5, 5.41) is 3.69. The number of anilines is 1. The molecule has 0 saturated carbocycles. The first-order chi connectivity index (χ1) is 9.08. The molecular weight excluding hydrogens is 230 g/mol. The maximum Gasteiger partial charge on any atom is 0.0536 e. The zero-order valence-corrected chi connectivity index (χ0v) is 12.3. The summed E-state index contributed by atoms with van der Waals surface area (Å²) < 4.78 is 0. The molecule has 2 rings (SSSR count). The molecule has 2 aromatic rings. The lowest BCUT2D eigenvalue weighted by Crippen LogP contribution is -2.17. The van der Waals surface area contributed by atoms with E-state index in [0.29, 0.717) is 12.0 Å². The van der Waals surface area contributed by atoms with E-state index in [2.05, 4.69) is 81.5 Å². The quantitative estimate of drug-likeness (QED) is 0.798. The largest absolute Gasteiger partial charge is 0.378 e. The Labute approximate surface area is 116 Å². The van der Waals surface area contributed by atoms with Gasteiger partial charge in [-0.05, 0) is 37.0 Å². The molecular formula is C18H23N. The second kappa shape index (κ2) is 5.92. The van der Waals surface area contributed by atoms with Gasteiger partial charge in [0.15, 0.2) is 0 Å². The van der Waals surface area contributed by atoms with Crippen LogP contribution in [-0.2, 0) is 0 Å². The van der Waals surface area contributed by atoms with Crippen LogP contribution in [0.3, 0.4) is 0 Å². The van der Waals surface area contributed by atoms with E-state index in [0.717, 1.165) is 0 Å². The van der Waals surface area contributed by atoms with Gasteiger partial charge in [0.05, 0.1) is 6.04 Å². The minimum absolute atomic E-state index is 0.350. The van der Waals surface area contributed by atoms with Crippen LogP contribution < -0.4 is 5.32 Å². The topological polar surface area (TPSA) is 12.0 Å². The van der Waals surface area contributed by atoms with Crippen LogP contribution in [0.25, 0.3) is 0 Å².